The molecule has 144 valence electrons. The number of hydrogen-bond acceptors (Lipinski definition) is 6. The molecule has 7 nitrogen and oxygen atoms in total. The van der Waals surface area contributed by atoms with Gasteiger partial charge in [-0.3, -0.25) is 4.79 Å². The van der Waals surface area contributed by atoms with Crippen LogP contribution in [0.25, 0.3) is 0 Å². The molecule has 3 aromatic rings. The normalized spacial score (nSPS) is 14.0. The molecule has 0 aliphatic carbocycles. The van der Waals surface area contributed by atoms with Crippen LogP contribution in [0.3, 0.4) is 0 Å². The molecule has 1 N–H and O–H groups in total. The fourth-order valence-corrected chi connectivity index (χ4v) is 2.97. The zero-order valence-corrected chi connectivity index (χ0v) is 15.7. The first-order valence-electron chi connectivity index (χ1n) is 8.82. The highest BCUT2D eigenvalue weighted by Gasteiger charge is 2.20. The summed E-state index contributed by atoms with van der Waals surface area (Å²) < 4.78 is 16.5. The molecule has 0 atom stereocenters. The van der Waals surface area contributed by atoms with Crippen molar-refractivity contribution in [3.8, 4) is 11.5 Å². The smallest absolute Gasteiger partial charge is 0.278 e. The third-order valence-corrected chi connectivity index (χ3v) is 4.45. The number of aromatic nitrogens is 1. The SMILES string of the molecule is O=C(Nc1cc(Cl)ccc1Oc1ccccc1)c1cc(N2CCOCC2)on1. The molecule has 1 aliphatic rings. The van der Waals surface area contributed by atoms with Crippen molar-refractivity contribution < 1.29 is 18.8 Å². The minimum Gasteiger partial charge on any atom is -0.455 e. The van der Waals surface area contributed by atoms with Crippen LogP contribution in [0.2, 0.25) is 5.02 Å². The van der Waals surface area contributed by atoms with Crippen LogP contribution in [-0.2, 0) is 4.74 Å². The second-order valence-corrected chi connectivity index (χ2v) is 6.60. The average Bonchev–Trinajstić information content (AvgIpc) is 3.22. The number of hydrogen-bond donors (Lipinski definition) is 1. The van der Waals surface area contributed by atoms with Crippen molar-refractivity contribution in [3.63, 3.8) is 0 Å². The van der Waals surface area contributed by atoms with E-state index in [9.17, 15) is 4.79 Å². The summed E-state index contributed by atoms with van der Waals surface area (Å²) in [6.45, 7) is 2.62. The molecule has 0 unspecified atom stereocenters. The molecule has 4 rings (SSSR count). The number of halogens is 1. The van der Waals surface area contributed by atoms with Gasteiger partial charge < -0.3 is 24.2 Å². The lowest BCUT2D eigenvalue weighted by molar-refractivity contribution is 0.101. The summed E-state index contributed by atoms with van der Waals surface area (Å²) in [5.41, 5.74) is 0.615. The van der Waals surface area contributed by atoms with Gasteiger partial charge >= 0.3 is 0 Å². The quantitative estimate of drug-likeness (QED) is 0.692. The molecule has 1 aromatic heterocycles. The van der Waals surface area contributed by atoms with E-state index < -0.39 is 5.91 Å². The molecule has 0 bridgehead atoms. The lowest BCUT2D eigenvalue weighted by Crippen LogP contribution is -2.35. The van der Waals surface area contributed by atoms with Crippen LogP contribution in [0.1, 0.15) is 10.5 Å². The van der Waals surface area contributed by atoms with E-state index in [0.717, 1.165) is 0 Å². The van der Waals surface area contributed by atoms with Crippen LogP contribution in [0.4, 0.5) is 11.6 Å². The van der Waals surface area contributed by atoms with Crippen molar-refractivity contribution in [2.75, 3.05) is 36.5 Å². The van der Waals surface area contributed by atoms with Crippen molar-refractivity contribution in [1.29, 1.82) is 0 Å². The van der Waals surface area contributed by atoms with Gasteiger partial charge in [-0.15, -0.1) is 0 Å². The van der Waals surface area contributed by atoms with E-state index in [-0.39, 0.29) is 5.69 Å². The van der Waals surface area contributed by atoms with E-state index in [4.69, 9.17) is 25.6 Å². The summed E-state index contributed by atoms with van der Waals surface area (Å²) in [5.74, 6) is 1.25. The van der Waals surface area contributed by atoms with Gasteiger partial charge in [-0.25, -0.2) is 0 Å². The lowest BCUT2D eigenvalue weighted by Gasteiger charge is -2.25. The third kappa shape index (κ3) is 4.27. The first-order valence-corrected chi connectivity index (χ1v) is 9.20. The molecule has 0 radical (unpaired) electrons. The van der Waals surface area contributed by atoms with Crippen LogP contribution in [0.5, 0.6) is 11.5 Å². The summed E-state index contributed by atoms with van der Waals surface area (Å²) in [7, 11) is 0. The third-order valence-electron chi connectivity index (χ3n) is 4.21. The Hall–Kier alpha value is -3.03. The maximum Gasteiger partial charge on any atom is 0.278 e. The van der Waals surface area contributed by atoms with Crippen molar-refractivity contribution in [2.24, 2.45) is 0 Å². The number of carbonyl (C=O) groups is 1. The highest BCUT2D eigenvalue weighted by molar-refractivity contribution is 6.31. The maximum atomic E-state index is 12.7. The zero-order valence-electron chi connectivity index (χ0n) is 14.9. The van der Waals surface area contributed by atoms with E-state index in [1.165, 1.54) is 0 Å². The van der Waals surface area contributed by atoms with E-state index in [0.29, 0.717) is 54.4 Å². The number of para-hydroxylation sites is 1. The predicted octanol–water partition coefficient (Wildman–Crippen LogP) is 4.21. The molecular weight excluding hydrogens is 382 g/mol. The molecule has 0 spiro atoms. The Labute approximate surface area is 166 Å². The van der Waals surface area contributed by atoms with Crippen LogP contribution in [0.15, 0.2) is 59.1 Å². The molecular formula is C20H18ClN3O4. The Balaban J connectivity index is 1.51. The zero-order chi connectivity index (χ0) is 19.3. The number of amides is 1. The van der Waals surface area contributed by atoms with Gasteiger partial charge in [0, 0.05) is 24.2 Å². The monoisotopic (exact) mass is 399 g/mol. The number of rotatable bonds is 5. The number of ether oxygens (including phenoxy) is 2. The van der Waals surface area contributed by atoms with E-state index >= 15 is 0 Å². The maximum absolute atomic E-state index is 12.7. The fourth-order valence-electron chi connectivity index (χ4n) is 2.80. The van der Waals surface area contributed by atoms with Gasteiger partial charge in [-0.05, 0) is 30.3 Å². The van der Waals surface area contributed by atoms with E-state index in [1.54, 1.807) is 24.3 Å². The Morgan fingerprint density at radius 3 is 2.68 bits per heavy atom. The van der Waals surface area contributed by atoms with Gasteiger partial charge in [0.2, 0.25) is 5.88 Å². The van der Waals surface area contributed by atoms with Crippen molar-refractivity contribution >= 4 is 29.1 Å². The summed E-state index contributed by atoms with van der Waals surface area (Å²) >= 11 is 6.10. The largest absolute Gasteiger partial charge is 0.455 e. The summed E-state index contributed by atoms with van der Waals surface area (Å²) in [4.78, 5) is 14.6. The lowest BCUT2D eigenvalue weighted by atomic mass is 10.2. The Bertz CT molecular complexity index is 955. The summed E-state index contributed by atoms with van der Waals surface area (Å²) in [5, 5.41) is 7.15. The van der Waals surface area contributed by atoms with Gasteiger partial charge in [0.05, 0.1) is 18.9 Å². The number of carbonyl (C=O) groups excluding carboxylic acids is 1. The number of morpholine rings is 1. The number of anilines is 2. The highest BCUT2D eigenvalue weighted by Crippen LogP contribution is 2.32. The minimum atomic E-state index is -0.413. The molecule has 1 amide bonds. The molecule has 2 heterocycles. The van der Waals surface area contributed by atoms with Gasteiger partial charge in [0.1, 0.15) is 5.75 Å². The molecule has 28 heavy (non-hydrogen) atoms. The topological polar surface area (TPSA) is 76.8 Å². The average molecular weight is 400 g/mol. The van der Waals surface area contributed by atoms with Crippen molar-refractivity contribution in [2.45, 2.75) is 0 Å². The van der Waals surface area contributed by atoms with Crippen LogP contribution in [0, 0.1) is 0 Å². The van der Waals surface area contributed by atoms with Gasteiger partial charge in [-0.2, -0.15) is 0 Å². The summed E-state index contributed by atoms with van der Waals surface area (Å²) in [6.07, 6.45) is 0. The van der Waals surface area contributed by atoms with E-state index in [2.05, 4.69) is 10.5 Å². The standard InChI is InChI=1S/C20H18ClN3O4/c21-14-6-7-18(27-15-4-2-1-3-5-15)16(12-14)22-20(25)17-13-19(28-23-17)24-8-10-26-11-9-24/h1-7,12-13H,8-11H2,(H,22,25). The van der Waals surface area contributed by atoms with Crippen LogP contribution < -0.4 is 15.0 Å². The molecule has 1 saturated heterocycles. The second-order valence-electron chi connectivity index (χ2n) is 6.16. The van der Waals surface area contributed by atoms with Crippen LogP contribution in [-0.4, -0.2) is 37.4 Å². The Morgan fingerprint density at radius 2 is 1.89 bits per heavy atom. The number of nitrogens with one attached hydrogen (secondary N) is 1. The van der Waals surface area contributed by atoms with Gasteiger partial charge in [-0.1, -0.05) is 35.0 Å². The van der Waals surface area contributed by atoms with E-state index in [1.807, 2.05) is 35.2 Å². The number of benzene rings is 2. The molecule has 1 fully saturated rings. The van der Waals surface area contributed by atoms with Gasteiger partial charge in [0.15, 0.2) is 11.4 Å². The summed E-state index contributed by atoms with van der Waals surface area (Å²) in [6, 6.07) is 15.9. The Kier molecular flexibility index (Phi) is 5.45. The highest BCUT2D eigenvalue weighted by atomic mass is 35.5. The first-order chi connectivity index (χ1) is 13.7. The van der Waals surface area contributed by atoms with Gasteiger partial charge in [0.25, 0.3) is 5.91 Å². The second kappa shape index (κ2) is 8.33. The predicted molar refractivity (Wildman–Crippen MR) is 105 cm³/mol. The Morgan fingerprint density at radius 1 is 1.11 bits per heavy atom. The van der Waals surface area contributed by atoms with Crippen LogP contribution >= 0.6 is 11.6 Å². The molecule has 8 heteroatoms. The molecule has 2 aromatic carbocycles. The minimum absolute atomic E-state index is 0.173. The molecule has 1 aliphatic heterocycles. The first kappa shape index (κ1) is 18.3. The van der Waals surface area contributed by atoms with Crippen molar-refractivity contribution in [3.05, 3.63) is 65.3 Å². The fraction of sp³-hybridized carbons (Fsp3) is 0.200. The molecule has 0 saturated carbocycles. The number of nitrogens with zero attached hydrogens (tertiary/aromatic N) is 2. The van der Waals surface area contributed by atoms with Crippen molar-refractivity contribution in [1.82, 2.24) is 5.16 Å².